The molecule has 0 radical (unpaired) electrons. The summed E-state index contributed by atoms with van der Waals surface area (Å²) in [5, 5.41) is 21.3. The van der Waals surface area contributed by atoms with Crippen LogP contribution in [-0.2, 0) is 4.79 Å². The molecule has 0 spiro atoms. The number of aromatic nitrogens is 1. The molecule has 6 heteroatoms. The van der Waals surface area contributed by atoms with Gasteiger partial charge in [-0.15, -0.1) is 0 Å². The van der Waals surface area contributed by atoms with Gasteiger partial charge in [0.1, 0.15) is 5.69 Å². The Bertz CT molecular complexity index is 585. The topological polar surface area (TPSA) is 102 Å². The minimum atomic E-state index is -1.33. The third kappa shape index (κ3) is 2.74. The summed E-state index contributed by atoms with van der Waals surface area (Å²) in [5.74, 6) is -1.84. The van der Waals surface area contributed by atoms with Gasteiger partial charge in [-0.05, 0) is 19.1 Å². The van der Waals surface area contributed by atoms with Gasteiger partial charge in [-0.2, -0.15) is 0 Å². The van der Waals surface area contributed by atoms with Crippen LogP contribution in [0.25, 0.3) is 10.9 Å². The number of carbonyl (C=O) groups excluding carboxylic acids is 1. The first-order valence-corrected chi connectivity index (χ1v) is 5.78. The Hall–Kier alpha value is -2.34. The number of hydrogen-bond acceptors (Lipinski definition) is 3. The van der Waals surface area contributed by atoms with Crippen LogP contribution >= 0.6 is 0 Å². The van der Waals surface area contributed by atoms with Crippen LogP contribution in [-0.4, -0.2) is 39.2 Å². The number of aliphatic hydroxyl groups excluding tert-OH is 1. The molecule has 1 aromatic carbocycles. The molecule has 0 saturated heterocycles. The second-order valence-corrected chi connectivity index (χ2v) is 4.30. The van der Waals surface area contributed by atoms with E-state index in [0.717, 1.165) is 10.9 Å². The van der Waals surface area contributed by atoms with Gasteiger partial charge in [-0.3, -0.25) is 4.79 Å². The number of rotatable bonds is 4. The van der Waals surface area contributed by atoms with Crippen molar-refractivity contribution >= 4 is 22.8 Å². The molecular formula is C13H14N2O4. The first kappa shape index (κ1) is 13.1. The molecule has 6 nitrogen and oxygen atoms in total. The van der Waals surface area contributed by atoms with Crippen molar-refractivity contribution in [3.05, 3.63) is 36.0 Å². The molecule has 19 heavy (non-hydrogen) atoms. The van der Waals surface area contributed by atoms with Crippen molar-refractivity contribution in [1.82, 2.24) is 10.3 Å². The van der Waals surface area contributed by atoms with Gasteiger partial charge < -0.3 is 20.5 Å². The number of aliphatic hydroxyl groups is 1. The van der Waals surface area contributed by atoms with Crippen molar-refractivity contribution in [2.75, 3.05) is 0 Å². The predicted octanol–water partition coefficient (Wildman–Crippen LogP) is 0.732. The zero-order chi connectivity index (χ0) is 14.0. The number of fused-ring (bicyclic) bond motifs is 1. The van der Waals surface area contributed by atoms with Gasteiger partial charge in [-0.25, -0.2) is 4.79 Å². The maximum Gasteiger partial charge on any atom is 0.328 e. The van der Waals surface area contributed by atoms with Crippen molar-refractivity contribution in [2.24, 2.45) is 0 Å². The van der Waals surface area contributed by atoms with Crippen LogP contribution in [0, 0.1) is 0 Å². The number of carboxylic acid groups (broad SMARTS) is 1. The third-order valence-electron chi connectivity index (χ3n) is 2.81. The summed E-state index contributed by atoms with van der Waals surface area (Å²) in [6, 6.07) is 7.62. The smallest absolute Gasteiger partial charge is 0.328 e. The van der Waals surface area contributed by atoms with Gasteiger partial charge in [0.2, 0.25) is 0 Å². The van der Waals surface area contributed by atoms with Crippen LogP contribution in [0.5, 0.6) is 0 Å². The molecule has 0 aliphatic heterocycles. The van der Waals surface area contributed by atoms with Gasteiger partial charge in [-0.1, -0.05) is 18.2 Å². The lowest BCUT2D eigenvalue weighted by molar-refractivity contribution is -0.141. The standard InChI is InChI=1S/C13H14N2O4/c1-7(16)11(13(18)19)15-12(17)10-6-8-4-2-3-5-9(8)14-10/h2-7,11,14,16H,1H3,(H,15,17)(H,18,19). The Kier molecular flexibility index (Phi) is 3.52. The van der Waals surface area contributed by atoms with E-state index in [-0.39, 0.29) is 5.69 Å². The lowest BCUT2D eigenvalue weighted by Crippen LogP contribution is -2.47. The summed E-state index contributed by atoms with van der Waals surface area (Å²) in [7, 11) is 0. The van der Waals surface area contributed by atoms with E-state index < -0.39 is 24.0 Å². The normalized spacial score (nSPS) is 14.0. The molecule has 2 unspecified atom stereocenters. The summed E-state index contributed by atoms with van der Waals surface area (Å²) in [5.41, 5.74) is 1.05. The van der Waals surface area contributed by atoms with Crippen LogP contribution in [0.1, 0.15) is 17.4 Å². The minimum absolute atomic E-state index is 0.258. The molecule has 2 aromatic rings. The average molecular weight is 262 g/mol. The summed E-state index contributed by atoms with van der Waals surface area (Å²) >= 11 is 0. The molecule has 2 atom stereocenters. The summed E-state index contributed by atoms with van der Waals surface area (Å²) in [6.45, 7) is 1.31. The minimum Gasteiger partial charge on any atom is -0.480 e. The van der Waals surface area contributed by atoms with Crippen molar-refractivity contribution in [3.8, 4) is 0 Å². The van der Waals surface area contributed by atoms with Crippen LogP contribution in [0.15, 0.2) is 30.3 Å². The molecule has 0 fully saturated rings. The van der Waals surface area contributed by atoms with E-state index in [1.54, 1.807) is 6.07 Å². The zero-order valence-corrected chi connectivity index (χ0v) is 10.3. The highest BCUT2D eigenvalue weighted by atomic mass is 16.4. The number of carbonyl (C=O) groups is 2. The highest BCUT2D eigenvalue weighted by Gasteiger charge is 2.25. The Morgan fingerprint density at radius 3 is 2.58 bits per heavy atom. The number of nitrogens with one attached hydrogen (secondary N) is 2. The van der Waals surface area contributed by atoms with E-state index in [4.69, 9.17) is 5.11 Å². The summed E-state index contributed by atoms with van der Waals surface area (Å²) in [4.78, 5) is 25.7. The lowest BCUT2D eigenvalue weighted by Gasteiger charge is -2.16. The molecule has 0 aliphatic carbocycles. The van der Waals surface area contributed by atoms with Crippen molar-refractivity contribution in [2.45, 2.75) is 19.1 Å². The second-order valence-electron chi connectivity index (χ2n) is 4.30. The maximum absolute atomic E-state index is 11.9. The predicted molar refractivity (Wildman–Crippen MR) is 68.9 cm³/mol. The Balaban J connectivity index is 2.21. The van der Waals surface area contributed by atoms with Crippen molar-refractivity contribution < 1.29 is 19.8 Å². The summed E-state index contributed by atoms with van der Waals surface area (Å²) < 4.78 is 0. The number of aromatic amines is 1. The number of H-pyrrole nitrogens is 1. The van der Waals surface area contributed by atoms with Gasteiger partial charge in [0.25, 0.3) is 5.91 Å². The lowest BCUT2D eigenvalue weighted by atomic mass is 10.2. The van der Waals surface area contributed by atoms with Crippen LogP contribution in [0.4, 0.5) is 0 Å². The number of aliphatic carboxylic acids is 1. The monoisotopic (exact) mass is 262 g/mol. The maximum atomic E-state index is 11.9. The highest BCUT2D eigenvalue weighted by molar-refractivity contribution is 5.99. The van der Waals surface area contributed by atoms with E-state index in [1.165, 1.54) is 6.92 Å². The highest BCUT2D eigenvalue weighted by Crippen LogP contribution is 2.14. The van der Waals surface area contributed by atoms with Crippen LogP contribution in [0.3, 0.4) is 0 Å². The van der Waals surface area contributed by atoms with Gasteiger partial charge in [0.05, 0.1) is 6.10 Å². The molecule has 0 aliphatic rings. The van der Waals surface area contributed by atoms with E-state index in [9.17, 15) is 14.7 Å². The molecule has 1 amide bonds. The number of amides is 1. The fourth-order valence-electron chi connectivity index (χ4n) is 1.80. The molecule has 100 valence electrons. The van der Waals surface area contributed by atoms with Crippen molar-refractivity contribution in [3.63, 3.8) is 0 Å². The number of benzene rings is 1. The molecule has 0 saturated carbocycles. The molecule has 1 heterocycles. The van der Waals surface area contributed by atoms with Crippen LogP contribution in [0.2, 0.25) is 0 Å². The average Bonchev–Trinajstić information content (AvgIpc) is 2.78. The Morgan fingerprint density at radius 1 is 1.32 bits per heavy atom. The Morgan fingerprint density at radius 2 is 2.00 bits per heavy atom. The van der Waals surface area contributed by atoms with E-state index in [2.05, 4.69) is 10.3 Å². The molecule has 0 bridgehead atoms. The molecule has 2 rings (SSSR count). The van der Waals surface area contributed by atoms with Crippen LogP contribution < -0.4 is 5.32 Å². The molecule has 1 aromatic heterocycles. The molecule has 4 N–H and O–H groups in total. The first-order chi connectivity index (χ1) is 8.99. The fourth-order valence-corrected chi connectivity index (χ4v) is 1.80. The van der Waals surface area contributed by atoms with E-state index in [1.807, 2.05) is 24.3 Å². The zero-order valence-electron chi connectivity index (χ0n) is 10.3. The third-order valence-corrected chi connectivity index (χ3v) is 2.81. The quantitative estimate of drug-likeness (QED) is 0.652. The first-order valence-electron chi connectivity index (χ1n) is 5.78. The van der Waals surface area contributed by atoms with Gasteiger partial charge in [0.15, 0.2) is 6.04 Å². The molecular weight excluding hydrogens is 248 g/mol. The van der Waals surface area contributed by atoms with E-state index in [0.29, 0.717) is 0 Å². The fraction of sp³-hybridized carbons (Fsp3) is 0.231. The second kappa shape index (κ2) is 5.11. The number of hydrogen-bond donors (Lipinski definition) is 4. The SMILES string of the molecule is CC(O)C(NC(=O)c1cc2ccccc2[nH]1)C(=O)O. The number of para-hydroxylation sites is 1. The van der Waals surface area contributed by atoms with Gasteiger partial charge >= 0.3 is 5.97 Å². The Labute approximate surface area is 109 Å². The summed E-state index contributed by atoms with van der Waals surface area (Å²) in [6.07, 6.45) is -1.18. The largest absolute Gasteiger partial charge is 0.480 e. The number of carboxylic acids is 1. The van der Waals surface area contributed by atoms with Crippen molar-refractivity contribution in [1.29, 1.82) is 0 Å². The van der Waals surface area contributed by atoms with E-state index >= 15 is 0 Å². The van der Waals surface area contributed by atoms with Gasteiger partial charge in [0, 0.05) is 10.9 Å².